The summed E-state index contributed by atoms with van der Waals surface area (Å²) in [6.45, 7) is 6.25. The molecule has 0 radical (unpaired) electrons. The predicted octanol–water partition coefficient (Wildman–Crippen LogP) is 1.52. The lowest BCUT2D eigenvalue weighted by atomic mass is 10.1. The molecule has 5 heteroatoms. The summed E-state index contributed by atoms with van der Waals surface area (Å²) in [5.74, 6) is 0.650. The molecule has 0 spiro atoms. The second-order valence-electron chi connectivity index (χ2n) is 4.32. The summed E-state index contributed by atoms with van der Waals surface area (Å²) in [5, 5.41) is 12.0. The minimum absolute atomic E-state index is 0.0932. The van der Waals surface area contributed by atoms with Gasteiger partial charge in [0.2, 0.25) is 5.91 Å². The van der Waals surface area contributed by atoms with Crippen molar-refractivity contribution in [3.8, 4) is 11.8 Å². The highest BCUT2D eigenvalue weighted by Gasteiger charge is 2.09. The van der Waals surface area contributed by atoms with E-state index in [-0.39, 0.29) is 5.91 Å². The molecule has 5 nitrogen and oxygen atoms in total. The Kier molecular flexibility index (Phi) is 6.54. The van der Waals surface area contributed by atoms with E-state index < -0.39 is 0 Å². The number of benzene rings is 1. The predicted molar refractivity (Wildman–Crippen MR) is 77.3 cm³/mol. The third kappa shape index (κ3) is 4.25. The number of hydrogen-bond acceptors (Lipinski definition) is 4. The lowest BCUT2D eigenvalue weighted by Crippen LogP contribution is -2.37. The van der Waals surface area contributed by atoms with Gasteiger partial charge in [0, 0.05) is 19.6 Å². The van der Waals surface area contributed by atoms with Crippen molar-refractivity contribution >= 4 is 5.91 Å². The molecular weight excluding hydrogens is 254 g/mol. The van der Waals surface area contributed by atoms with Crippen molar-refractivity contribution in [1.82, 2.24) is 10.2 Å². The molecular formula is C15H21N3O2. The molecule has 20 heavy (non-hydrogen) atoms. The van der Waals surface area contributed by atoms with E-state index in [4.69, 9.17) is 10.00 Å². The van der Waals surface area contributed by atoms with Crippen molar-refractivity contribution in [3.63, 3.8) is 0 Å². The molecule has 0 heterocycles. The van der Waals surface area contributed by atoms with Crippen molar-refractivity contribution in [2.75, 3.05) is 26.7 Å². The summed E-state index contributed by atoms with van der Waals surface area (Å²) in [6, 6.07) is 7.47. The average Bonchev–Trinajstić information content (AvgIpc) is 2.48. The average molecular weight is 275 g/mol. The van der Waals surface area contributed by atoms with E-state index in [1.165, 1.54) is 7.11 Å². The normalized spacial score (nSPS) is 9.90. The van der Waals surface area contributed by atoms with Crippen LogP contribution < -0.4 is 10.1 Å². The lowest BCUT2D eigenvalue weighted by molar-refractivity contribution is -0.129. The van der Waals surface area contributed by atoms with Crippen LogP contribution in [0.3, 0.4) is 0 Å². The molecule has 1 N–H and O–H groups in total. The smallest absolute Gasteiger partial charge is 0.236 e. The Labute approximate surface area is 120 Å². The largest absolute Gasteiger partial charge is 0.495 e. The number of carbonyl (C=O) groups is 1. The number of likely N-dealkylation sites (N-methyl/N-ethyl adjacent to an activating group) is 1. The molecule has 1 aromatic rings. The van der Waals surface area contributed by atoms with Crippen LogP contribution in [0.1, 0.15) is 25.0 Å². The highest BCUT2D eigenvalue weighted by atomic mass is 16.5. The summed E-state index contributed by atoms with van der Waals surface area (Å²) in [4.78, 5) is 13.6. The van der Waals surface area contributed by atoms with Gasteiger partial charge in [-0.15, -0.1) is 0 Å². The summed E-state index contributed by atoms with van der Waals surface area (Å²) in [5.41, 5.74) is 1.49. The van der Waals surface area contributed by atoms with Crippen LogP contribution in [0.2, 0.25) is 0 Å². The van der Waals surface area contributed by atoms with E-state index >= 15 is 0 Å². The minimum atomic E-state index is 0.0932. The van der Waals surface area contributed by atoms with Gasteiger partial charge in [-0.2, -0.15) is 5.26 Å². The third-order valence-corrected chi connectivity index (χ3v) is 3.11. The van der Waals surface area contributed by atoms with E-state index in [0.29, 0.717) is 24.4 Å². The van der Waals surface area contributed by atoms with Crippen LogP contribution in [0.25, 0.3) is 0 Å². The van der Waals surface area contributed by atoms with Crippen LogP contribution in [0.4, 0.5) is 0 Å². The molecule has 0 saturated heterocycles. The highest BCUT2D eigenvalue weighted by Crippen LogP contribution is 2.18. The maximum atomic E-state index is 11.8. The first kappa shape index (κ1) is 16.0. The van der Waals surface area contributed by atoms with Crippen LogP contribution in [0.15, 0.2) is 18.2 Å². The molecule has 0 fully saturated rings. The van der Waals surface area contributed by atoms with Crippen LogP contribution in [-0.2, 0) is 11.3 Å². The number of hydrogen-bond donors (Lipinski definition) is 1. The number of ether oxygens (including phenoxy) is 1. The SMILES string of the molecule is CCN(CC)C(=O)CNCc1ccc(C#N)c(OC)c1. The van der Waals surface area contributed by atoms with Gasteiger partial charge in [-0.25, -0.2) is 0 Å². The first-order valence-electron chi connectivity index (χ1n) is 6.71. The second kappa shape index (κ2) is 8.18. The Morgan fingerprint density at radius 1 is 1.40 bits per heavy atom. The van der Waals surface area contributed by atoms with E-state index in [0.717, 1.165) is 18.7 Å². The Hall–Kier alpha value is -2.06. The fourth-order valence-electron chi connectivity index (χ4n) is 1.94. The zero-order valence-corrected chi connectivity index (χ0v) is 12.3. The van der Waals surface area contributed by atoms with Crippen molar-refractivity contribution < 1.29 is 9.53 Å². The van der Waals surface area contributed by atoms with E-state index in [9.17, 15) is 4.79 Å². The van der Waals surface area contributed by atoms with Crippen molar-refractivity contribution in [1.29, 1.82) is 5.26 Å². The fraction of sp³-hybridized carbons (Fsp3) is 0.467. The number of methoxy groups -OCH3 is 1. The van der Waals surface area contributed by atoms with Crippen LogP contribution in [0.5, 0.6) is 5.75 Å². The molecule has 1 rings (SSSR count). The van der Waals surface area contributed by atoms with Crippen molar-refractivity contribution in [2.24, 2.45) is 0 Å². The van der Waals surface area contributed by atoms with Gasteiger partial charge in [0.05, 0.1) is 19.2 Å². The molecule has 1 amide bonds. The second-order valence-corrected chi connectivity index (χ2v) is 4.32. The first-order valence-corrected chi connectivity index (χ1v) is 6.71. The molecule has 0 atom stereocenters. The summed E-state index contributed by atoms with van der Waals surface area (Å²) < 4.78 is 5.15. The summed E-state index contributed by atoms with van der Waals surface area (Å²) in [7, 11) is 1.54. The maximum absolute atomic E-state index is 11.8. The van der Waals surface area contributed by atoms with Gasteiger partial charge in [-0.3, -0.25) is 4.79 Å². The van der Waals surface area contributed by atoms with Crippen LogP contribution in [0, 0.1) is 11.3 Å². The molecule has 0 saturated carbocycles. The van der Waals surface area contributed by atoms with E-state index in [2.05, 4.69) is 11.4 Å². The zero-order chi connectivity index (χ0) is 15.0. The third-order valence-electron chi connectivity index (χ3n) is 3.11. The lowest BCUT2D eigenvalue weighted by Gasteiger charge is -2.18. The molecule has 0 bridgehead atoms. The van der Waals surface area contributed by atoms with Gasteiger partial charge in [-0.1, -0.05) is 6.07 Å². The molecule has 0 unspecified atom stereocenters. The number of nitrogens with one attached hydrogen (secondary N) is 1. The Balaban J connectivity index is 2.55. The van der Waals surface area contributed by atoms with Gasteiger partial charge in [0.15, 0.2) is 0 Å². The van der Waals surface area contributed by atoms with Gasteiger partial charge in [0.1, 0.15) is 11.8 Å². The summed E-state index contributed by atoms with van der Waals surface area (Å²) in [6.07, 6.45) is 0. The molecule has 0 aliphatic heterocycles. The van der Waals surface area contributed by atoms with E-state index in [1.54, 1.807) is 11.0 Å². The molecule has 0 aliphatic rings. The van der Waals surface area contributed by atoms with Gasteiger partial charge < -0.3 is 15.0 Å². The van der Waals surface area contributed by atoms with Gasteiger partial charge >= 0.3 is 0 Å². The molecule has 0 aromatic heterocycles. The minimum Gasteiger partial charge on any atom is -0.495 e. The fourth-order valence-corrected chi connectivity index (χ4v) is 1.94. The molecule has 108 valence electrons. The monoisotopic (exact) mass is 275 g/mol. The van der Waals surface area contributed by atoms with Crippen molar-refractivity contribution in [3.05, 3.63) is 29.3 Å². The number of amides is 1. The quantitative estimate of drug-likeness (QED) is 0.819. The summed E-state index contributed by atoms with van der Waals surface area (Å²) >= 11 is 0. The van der Waals surface area contributed by atoms with Gasteiger partial charge in [0.25, 0.3) is 0 Å². The number of nitrogens with zero attached hydrogens (tertiary/aromatic N) is 2. The number of rotatable bonds is 7. The van der Waals surface area contributed by atoms with Crippen LogP contribution >= 0.6 is 0 Å². The van der Waals surface area contributed by atoms with Gasteiger partial charge in [-0.05, 0) is 31.5 Å². The Morgan fingerprint density at radius 3 is 2.65 bits per heavy atom. The van der Waals surface area contributed by atoms with Crippen LogP contribution in [-0.4, -0.2) is 37.6 Å². The maximum Gasteiger partial charge on any atom is 0.236 e. The number of nitriles is 1. The topological polar surface area (TPSA) is 65.4 Å². The van der Waals surface area contributed by atoms with Crippen molar-refractivity contribution in [2.45, 2.75) is 20.4 Å². The zero-order valence-electron chi connectivity index (χ0n) is 12.3. The van der Waals surface area contributed by atoms with E-state index in [1.807, 2.05) is 26.0 Å². The molecule has 0 aliphatic carbocycles. The molecule has 1 aromatic carbocycles. The number of carbonyl (C=O) groups excluding carboxylic acids is 1. The first-order chi connectivity index (χ1) is 9.65. The highest BCUT2D eigenvalue weighted by molar-refractivity contribution is 5.78. The Bertz CT molecular complexity index is 490. The standard InChI is InChI=1S/C15H21N3O2/c1-4-18(5-2)15(19)11-17-10-12-6-7-13(9-16)14(8-12)20-3/h6-8,17H,4-5,10-11H2,1-3H3. The Morgan fingerprint density at radius 2 is 2.10 bits per heavy atom.